The van der Waals surface area contributed by atoms with Crippen molar-refractivity contribution in [2.45, 2.75) is 12.8 Å². The predicted molar refractivity (Wildman–Crippen MR) is 81.8 cm³/mol. The van der Waals surface area contributed by atoms with E-state index in [9.17, 15) is 0 Å². The number of ether oxygens (including phenoxy) is 2. The van der Waals surface area contributed by atoms with Crippen LogP contribution in [0.2, 0.25) is 0 Å². The normalized spacial score (nSPS) is 13.3. The molecule has 0 saturated heterocycles. The summed E-state index contributed by atoms with van der Waals surface area (Å²) in [6, 6.07) is 12.5. The number of aryl methyl sites for hydroxylation is 1. The number of rotatable bonds is 3. The average molecular weight is 269 g/mol. The van der Waals surface area contributed by atoms with Gasteiger partial charge in [-0.3, -0.25) is 0 Å². The fraction of sp³-hybridized carbons (Fsp3) is 0.294. The minimum absolute atomic E-state index is 0.815. The summed E-state index contributed by atoms with van der Waals surface area (Å²) >= 11 is 0. The van der Waals surface area contributed by atoms with Crippen LogP contribution in [-0.4, -0.2) is 20.8 Å². The fourth-order valence-electron chi connectivity index (χ4n) is 2.63. The second-order valence-corrected chi connectivity index (χ2v) is 5.00. The van der Waals surface area contributed by atoms with Gasteiger partial charge in [0.15, 0.2) is 0 Å². The Hall–Kier alpha value is -2.16. The van der Waals surface area contributed by atoms with Crippen molar-refractivity contribution in [3.05, 3.63) is 42.0 Å². The molecular formula is C17H19NO2. The molecule has 0 fully saturated rings. The summed E-state index contributed by atoms with van der Waals surface area (Å²) in [5, 5.41) is 3.44. The Labute approximate surface area is 119 Å². The van der Waals surface area contributed by atoms with Crippen molar-refractivity contribution in [2.24, 2.45) is 0 Å². The van der Waals surface area contributed by atoms with Gasteiger partial charge in [-0.1, -0.05) is 6.07 Å². The maximum atomic E-state index is 5.34. The maximum absolute atomic E-state index is 5.34. The summed E-state index contributed by atoms with van der Waals surface area (Å²) in [7, 11) is 3.35. The molecule has 1 N–H and O–H groups in total. The van der Waals surface area contributed by atoms with Crippen LogP contribution in [0.4, 0.5) is 5.69 Å². The van der Waals surface area contributed by atoms with Crippen LogP contribution in [0, 0.1) is 0 Å². The van der Waals surface area contributed by atoms with Crippen molar-refractivity contribution in [1.29, 1.82) is 0 Å². The molecule has 3 rings (SSSR count). The van der Waals surface area contributed by atoms with Crippen molar-refractivity contribution in [1.82, 2.24) is 0 Å². The third-order valence-electron chi connectivity index (χ3n) is 3.73. The number of benzene rings is 2. The largest absolute Gasteiger partial charge is 0.497 e. The molecule has 0 atom stereocenters. The molecule has 3 heteroatoms. The molecule has 0 saturated carbocycles. The molecule has 0 amide bonds. The lowest BCUT2D eigenvalue weighted by molar-refractivity contribution is 0.394. The Bertz CT molecular complexity index is 600. The Balaban J connectivity index is 2.03. The van der Waals surface area contributed by atoms with Gasteiger partial charge in [-0.05, 0) is 53.8 Å². The molecular weight excluding hydrogens is 250 g/mol. The highest BCUT2D eigenvalue weighted by atomic mass is 16.5. The van der Waals surface area contributed by atoms with Crippen LogP contribution >= 0.6 is 0 Å². The summed E-state index contributed by atoms with van der Waals surface area (Å²) in [6.45, 7) is 1.07. The molecule has 0 unspecified atom stereocenters. The Morgan fingerprint density at radius 1 is 0.900 bits per heavy atom. The molecule has 0 aliphatic carbocycles. The van der Waals surface area contributed by atoms with Gasteiger partial charge in [-0.2, -0.15) is 0 Å². The minimum Gasteiger partial charge on any atom is -0.497 e. The molecule has 3 nitrogen and oxygen atoms in total. The Morgan fingerprint density at radius 3 is 2.35 bits per heavy atom. The van der Waals surface area contributed by atoms with E-state index in [1.807, 2.05) is 18.2 Å². The first kappa shape index (κ1) is 12.9. The highest BCUT2D eigenvalue weighted by molar-refractivity contribution is 5.71. The molecule has 20 heavy (non-hydrogen) atoms. The predicted octanol–water partition coefficient (Wildman–Crippen LogP) is 3.73. The van der Waals surface area contributed by atoms with Gasteiger partial charge in [0.1, 0.15) is 11.5 Å². The van der Waals surface area contributed by atoms with Crippen LogP contribution in [0.1, 0.15) is 12.0 Å². The molecule has 0 bridgehead atoms. The zero-order valence-electron chi connectivity index (χ0n) is 11.9. The molecule has 1 aliphatic rings. The number of anilines is 1. The molecule has 0 aromatic heterocycles. The van der Waals surface area contributed by atoms with Gasteiger partial charge in [0, 0.05) is 18.3 Å². The third-order valence-corrected chi connectivity index (χ3v) is 3.73. The van der Waals surface area contributed by atoms with Crippen molar-refractivity contribution in [3.8, 4) is 22.6 Å². The number of nitrogens with one attached hydrogen (secondary N) is 1. The maximum Gasteiger partial charge on any atom is 0.123 e. The van der Waals surface area contributed by atoms with Gasteiger partial charge in [-0.25, -0.2) is 0 Å². The van der Waals surface area contributed by atoms with Crippen LogP contribution in [0.25, 0.3) is 11.1 Å². The van der Waals surface area contributed by atoms with Crippen molar-refractivity contribution in [3.63, 3.8) is 0 Å². The lowest BCUT2D eigenvalue weighted by Crippen LogP contribution is -2.11. The summed E-state index contributed by atoms with van der Waals surface area (Å²) in [6.07, 6.45) is 2.33. The summed E-state index contributed by atoms with van der Waals surface area (Å²) in [4.78, 5) is 0. The van der Waals surface area contributed by atoms with E-state index in [4.69, 9.17) is 9.47 Å². The quantitative estimate of drug-likeness (QED) is 0.921. The number of hydrogen-bond acceptors (Lipinski definition) is 3. The minimum atomic E-state index is 0.815. The van der Waals surface area contributed by atoms with E-state index >= 15 is 0 Å². The summed E-state index contributed by atoms with van der Waals surface area (Å²) in [5.74, 6) is 1.63. The number of hydrogen-bond donors (Lipinski definition) is 1. The van der Waals surface area contributed by atoms with E-state index in [1.54, 1.807) is 14.2 Å². The Kier molecular flexibility index (Phi) is 3.50. The molecule has 1 heterocycles. The highest BCUT2D eigenvalue weighted by Gasteiger charge is 2.10. The number of methoxy groups -OCH3 is 2. The van der Waals surface area contributed by atoms with E-state index in [0.717, 1.165) is 30.0 Å². The third kappa shape index (κ3) is 2.44. The monoisotopic (exact) mass is 269 g/mol. The Morgan fingerprint density at radius 2 is 1.65 bits per heavy atom. The van der Waals surface area contributed by atoms with E-state index < -0.39 is 0 Å². The standard InChI is InChI=1S/C17H19NO2/c1-19-15-9-14(10-16(11-15)20-2)12-5-6-17-13(8-12)4-3-7-18-17/h5-6,8-11,18H,3-4,7H2,1-2H3. The van der Waals surface area contributed by atoms with E-state index in [0.29, 0.717) is 0 Å². The van der Waals surface area contributed by atoms with Gasteiger partial charge in [0.2, 0.25) is 0 Å². The first-order valence-corrected chi connectivity index (χ1v) is 6.90. The first-order valence-electron chi connectivity index (χ1n) is 6.90. The fourth-order valence-corrected chi connectivity index (χ4v) is 2.63. The van der Waals surface area contributed by atoms with Gasteiger partial charge in [0.25, 0.3) is 0 Å². The smallest absolute Gasteiger partial charge is 0.123 e. The molecule has 0 spiro atoms. The lowest BCUT2D eigenvalue weighted by Gasteiger charge is -2.19. The molecule has 0 radical (unpaired) electrons. The van der Waals surface area contributed by atoms with Crippen LogP contribution in [0.3, 0.4) is 0 Å². The van der Waals surface area contributed by atoms with E-state index in [-0.39, 0.29) is 0 Å². The van der Waals surface area contributed by atoms with Crippen LogP contribution in [0.15, 0.2) is 36.4 Å². The zero-order valence-corrected chi connectivity index (χ0v) is 11.9. The van der Waals surface area contributed by atoms with Crippen LogP contribution in [0.5, 0.6) is 11.5 Å². The van der Waals surface area contributed by atoms with Gasteiger partial charge >= 0.3 is 0 Å². The molecule has 2 aromatic carbocycles. The lowest BCUT2D eigenvalue weighted by atomic mass is 9.97. The van der Waals surface area contributed by atoms with Gasteiger partial charge in [-0.15, -0.1) is 0 Å². The van der Waals surface area contributed by atoms with E-state index in [1.165, 1.54) is 23.2 Å². The molecule has 2 aromatic rings. The molecule has 1 aliphatic heterocycles. The van der Waals surface area contributed by atoms with Crippen molar-refractivity contribution in [2.75, 3.05) is 26.1 Å². The number of fused-ring (bicyclic) bond motifs is 1. The van der Waals surface area contributed by atoms with Crippen LogP contribution in [-0.2, 0) is 6.42 Å². The molecule has 104 valence electrons. The second kappa shape index (κ2) is 5.45. The average Bonchev–Trinajstić information content (AvgIpc) is 2.53. The second-order valence-electron chi connectivity index (χ2n) is 5.00. The van der Waals surface area contributed by atoms with Gasteiger partial charge < -0.3 is 14.8 Å². The first-order chi connectivity index (χ1) is 9.80. The van der Waals surface area contributed by atoms with E-state index in [2.05, 4.69) is 23.5 Å². The van der Waals surface area contributed by atoms with Crippen molar-refractivity contribution < 1.29 is 9.47 Å². The highest BCUT2D eigenvalue weighted by Crippen LogP contribution is 2.32. The van der Waals surface area contributed by atoms with Gasteiger partial charge in [0.05, 0.1) is 14.2 Å². The van der Waals surface area contributed by atoms with Crippen molar-refractivity contribution >= 4 is 5.69 Å². The van der Waals surface area contributed by atoms with Crippen LogP contribution < -0.4 is 14.8 Å². The zero-order chi connectivity index (χ0) is 13.9. The summed E-state index contributed by atoms with van der Waals surface area (Å²) < 4.78 is 10.7. The summed E-state index contributed by atoms with van der Waals surface area (Å²) in [5.41, 5.74) is 4.96. The SMILES string of the molecule is COc1cc(OC)cc(-c2ccc3c(c2)CCCN3)c1. The topological polar surface area (TPSA) is 30.5 Å².